The Balaban J connectivity index is 4.08. The van der Waals surface area contributed by atoms with E-state index in [-0.39, 0.29) is 38.9 Å². The lowest BCUT2D eigenvalue weighted by atomic mass is 10.3. The largest absolute Gasteiger partial charge is 0.388 e. The van der Waals surface area contributed by atoms with Gasteiger partial charge < -0.3 is 28.8 Å². The zero-order valence-corrected chi connectivity index (χ0v) is 14.4. The highest BCUT2D eigenvalue weighted by molar-refractivity contribution is 4.64. The Morgan fingerprint density at radius 1 is 0.913 bits per heavy atom. The quantitative estimate of drug-likeness (QED) is 0.211. The fraction of sp³-hybridized carbons (Fsp3) is 1.00. The fourth-order valence-corrected chi connectivity index (χ4v) is 1.63. The number of rotatable bonds is 15. The second kappa shape index (κ2) is 14.6. The van der Waals surface area contributed by atoms with Crippen LogP contribution >= 0.6 is 0 Å². The SMILES string of the molecule is CCOC(C)OCC(O)COC(CN=[N+]=[N-])COC(C)OCC. The van der Waals surface area contributed by atoms with Gasteiger partial charge in [0.25, 0.3) is 0 Å². The summed E-state index contributed by atoms with van der Waals surface area (Å²) >= 11 is 0. The maximum Gasteiger partial charge on any atom is 0.154 e. The van der Waals surface area contributed by atoms with Crippen molar-refractivity contribution in [3.63, 3.8) is 0 Å². The third-order valence-electron chi connectivity index (χ3n) is 2.72. The molecule has 0 aromatic rings. The number of ether oxygens (including phenoxy) is 5. The molecule has 0 aliphatic rings. The van der Waals surface area contributed by atoms with Gasteiger partial charge in [-0.3, -0.25) is 0 Å². The van der Waals surface area contributed by atoms with E-state index in [9.17, 15) is 5.11 Å². The van der Waals surface area contributed by atoms with Crippen LogP contribution in [0.4, 0.5) is 0 Å². The average molecular weight is 335 g/mol. The van der Waals surface area contributed by atoms with Crippen LogP contribution in [0, 0.1) is 0 Å². The van der Waals surface area contributed by atoms with E-state index in [4.69, 9.17) is 29.2 Å². The zero-order valence-electron chi connectivity index (χ0n) is 14.4. The maximum absolute atomic E-state index is 9.83. The summed E-state index contributed by atoms with van der Waals surface area (Å²) in [5.74, 6) is 0. The summed E-state index contributed by atoms with van der Waals surface area (Å²) in [5.41, 5.74) is 8.40. The van der Waals surface area contributed by atoms with E-state index in [2.05, 4.69) is 10.0 Å². The summed E-state index contributed by atoms with van der Waals surface area (Å²) in [7, 11) is 0. The van der Waals surface area contributed by atoms with Crippen molar-refractivity contribution in [1.82, 2.24) is 0 Å². The second-order valence-corrected chi connectivity index (χ2v) is 4.74. The van der Waals surface area contributed by atoms with Gasteiger partial charge in [-0.05, 0) is 33.2 Å². The Hall–Kier alpha value is -0.930. The average Bonchev–Trinajstić information content (AvgIpc) is 2.52. The third-order valence-corrected chi connectivity index (χ3v) is 2.72. The van der Waals surface area contributed by atoms with Crippen LogP contribution in [0.2, 0.25) is 0 Å². The molecule has 0 saturated carbocycles. The van der Waals surface area contributed by atoms with E-state index in [1.807, 2.05) is 13.8 Å². The molecule has 23 heavy (non-hydrogen) atoms. The zero-order chi connectivity index (χ0) is 17.5. The maximum atomic E-state index is 9.83. The van der Waals surface area contributed by atoms with Crippen LogP contribution in [0.3, 0.4) is 0 Å². The molecule has 0 rings (SSSR count). The monoisotopic (exact) mass is 335 g/mol. The van der Waals surface area contributed by atoms with Gasteiger partial charge in [0.1, 0.15) is 6.10 Å². The summed E-state index contributed by atoms with van der Waals surface area (Å²) in [5, 5.41) is 13.3. The van der Waals surface area contributed by atoms with Crippen molar-refractivity contribution < 1.29 is 28.8 Å². The molecule has 0 radical (unpaired) electrons. The molecule has 0 amide bonds. The van der Waals surface area contributed by atoms with E-state index in [0.29, 0.717) is 13.2 Å². The van der Waals surface area contributed by atoms with Crippen molar-refractivity contribution in [3.8, 4) is 0 Å². The first kappa shape index (κ1) is 22.1. The van der Waals surface area contributed by atoms with Gasteiger partial charge in [0.2, 0.25) is 0 Å². The molecule has 136 valence electrons. The predicted molar refractivity (Wildman–Crippen MR) is 83.8 cm³/mol. The molecule has 0 aromatic carbocycles. The molecule has 1 N–H and O–H groups in total. The number of nitrogens with zero attached hydrogens (tertiary/aromatic N) is 3. The molecule has 0 saturated heterocycles. The van der Waals surface area contributed by atoms with E-state index in [0.717, 1.165) is 0 Å². The van der Waals surface area contributed by atoms with Crippen molar-refractivity contribution in [1.29, 1.82) is 0 Å². The summed E-state index contributed by atoms with van der Waals surface area (Å²) in [6.45, 7) is 8.77. The molecule has 0 heterocycles. The number of azide groups is 1. The van der Waals surface area contributed by atoms with Crippen molar-refractivity contribution in [2.24, 2.45) is 5.11 Å². The molecule has 4 atom stereocenters. The Morgan fingerprint density at radius 3 is 1.96 bits per heavy atom. The molecule has 9 nitrogen and oxygen atoms in total. The Kier molecular flexibility index (Phi) is 14.1. The van der Waals surface area contributed by atoms with Crippen LogP contribution in [-0.4, -0.2) is 69.5 Å². The highest BCUT2D eigenvalue weighted by Crippen LogP contribution is 2.03. The molecule has 0 aliphatic carbocycles. The van der Waals surface area contributed by atoms with Crippen LogP contribution in [0.25, 0.3) is 10.4 Å². The van der Waals surface area contributed by atoms with Crippen molar-refractivity contribution in [3.05, 3.63) is 10.4 Å². The van der Waals surface area contributed by atoms with Crippen molar-refractivity contribution >= 4 is 0 Å². The van der Waals surface area contributed by atoms with Gasteiger partial charge in [-0.15, -0.1) is 0 Å². The van der Waals surface area contributed by atoms with E-state index in [1.165, 1.54) is 0 Å². The van der Waals surface area contributed by atoms with Gasteiger partial charge in [-0.2, -0.15) is 0 Å². The molecular formula is C14H29N3O6. The van der Waals surface area contributed by atoms with Crippen LogP contribution in [0.15, 0.2) is 5.11 Å². The summed E-state index contributed by atoms with van der Waals surface area (Å²) in [6, 6.07) is 0. The molecule has 9 heteroatoms. The van der Waals surface area contributed by atoms with Gasteiger partial charge in [-0.1, -0.05) is 5.11 Å². The minimum atomic E-state index is -0.809. The first-order valence-corrected chi connectivity index (χ1v) is 7.80. The molecule has 0 bridgehead atoms. The van der Waals surface area contributed by atoms with Crippen molar-refractivity contribution in [2.45, 2.75) is 52.5 Å². The molecule has 0 aromatic heterocycles. The number of aliphatic hydroxyl groups excluding tert-OH is 1. The Bertz CT molecular complexity index is 328. The van der Waals surface area contributed by atoms with E-state index < -0.39 is 12.2 Å². The van der Waals surface area contributed by atoms with Gasteiger partial charge >= 0.3 is 0 Å². The smallest absolute Gasteiger partial charge is 0.154 e. The van der Waals surface area contributed by atoms with Crippen LogP contribution in [0.1, 0.15) is 27.7 Å². The van der Waals surface area contributed by atoms with Crippen LogP contribution < -0.4 is 0 Å². The van der Waals surface area contributed by atoms with Gasteiger partial charge in [0, 0.05) is 18.1 Å². The number of hydrogen-bond acceptors (Lipinski definition) is 7. The minimum absolute atomic E-state index is 0.0385. The third kappa shape index (κ3) is 13.2. The van der Waals surface area contributed by atoms with Gasteiger partial charge in [0.15, 0.2) is 12.6 Å². The minimum Gasteiger partial charge on any atom is -0.388 e. The van der Waals surface area contributed by atoms with Gasteiger partial charge in [-0.25, -0.2) is 0 Å². The van der Waals surface area contributed by atoms with E-state index >= 15 is 0 Å². The predicted octanol–water partition coefficient (Wildman–Crippen LogP) is 1.84. The highest BCUT2D eigenvalue weighted by Gasteiger charge is 2.15. The fourth-order valence-electron chi connectivity index (χ4n) is 1.63. The number of aliphatic hydroxyl groups is 1. The molecule has 0 aliphatic heterocycles. The second-order valence-electron chi connectivity index (χ2n) is 4.74. The summed E-state index contributed by atoms with van der Waals surface area (Å²) < 4.78 is 26.7. The molecule has 4 unspecified atom stereocenters. The lowest BCUT2D eigenvalue weighted by molar-refractivity contribution is -0.165. The first-order valence-electron chi connectivity index (χ1n) is 7.80. The van der Waals surface area contributed by atoms with E-state index in [1.54, 1.807) is 13.8 Å². The summed E-state index contributed by atoms with van der Waals surface area (Å²) in [6.07, 6.45) is -2.04. The lowest BCUT2D eigenvalue weighted by Crippen LogP contribution is -2.32. The van der Waals surface area contributed by atoms with Gasteiger partial charge in [0.05, 0.1) is 32.5 Å². The summed E-state index contributed by atoms with van der Waals surface area (Å²) in [4.78, 5) is 2.70. The first-order chi connectivity index (χ1) is 11.0. The Morgan fingerprint density at radius 2 is 1.43 bits per heavy atom. The molecule has 0 spiro atoms. The lowest BCUT2D eigenvalue weighted by Gasteiger charge is -2.21. The Labute approximate surface area is 137 Å². The normalized spacial score (nSPS) is 16.4. The van der Waals surface area contributed by atoms with Crippen molar-refractivity contribution in [2.75, 3.05) is 39.6 Å². The van der Waals surface area contributed by atoms with Crippen LogP contribution in [-0.2, 0) is 23.7 Å². The van der Waals surface area contributed by atoms with Crippen LogP contribution in [0.5, 0.6) is 0 Å². The number of hydrogen-bond donors (Lipinski definition) is 1. The molecule has 0 fully saturated rings. The highest BCUT2D eigenvalue weighted by atomic mass is 16.7. The standard InChI is InChI=1S/C14H29N3O6/c1-5-19-11(3)21-8-13(18)9-23-14(7-16-17-15)10-22-12(4)20-6-2/h11-14,18H,5-10H2,1-4H3. The molecular weight excluding hydrogens is 306 g/mol. The topological polar surface area (TPSA) is 115 Å².